The van der Waals surface area contributed by atoms with Crippen LogP contribution in [0.5, 0.6) is 11.5 Å². The Hall–Kier alpha value is -0.310. The molecule has 8 heteroatoms. The first-order valence-corrected chi connectivity index (χ1v) is 8.27. The molecule has 0 spiro atoms. The summed E-state index contributed by atoms with van der Waals surface area (Å²) in [6.45, 7) is 5.45. The minimum atomic E-state index is -0.632. The molecule has 112 valence electrons. The van der Waals surface area contributed by atoms with Crippen LogP contribution in [0.2, 0.25) is 0 Å². The van der Waals surface area contributed by atoms with Gasteiger partial charge in [-0.25, -0.2) is 4.79 Å². The normalized spacial score (nSPS) is 17.9. The van der Waals surface area contributed by atoms with Gasteiger partial charge >= 0.3 is 5.97 Å². The number of carbonyl (C=O) groups excluding carboxylic acids is 1. The largest absolute Gasteiger partial charge is 0.481 e. The van der Waals surface area contributed by atoms with E-state index in [0.717, 1.165) is 7.57 Å². The van der Waals surface area contributed by atoms with Crippen molar-refractivity contribution >= 4 is 49.2 Å². The van der Waals surface area contributed by atoms with Gasteiger partial charge in [-0.2, -0.15) is 0 Å². The SMILES string of the molecule is CC(C)(C)OC(=O)COC1COc2c(Br)sc(Br)c2O1. The Morgan fingerprint density at radius 3 is 2.65 bits per heavy atom. The fourth-order valence-electron chi connectivity index (χ4n) is 1.50. The van der Waals surface area contributed by atoms with E-state index in [1.165, 1.54) is 11.3 Å². The summed E-state index contributed by atoms with van der Waals surface area (Å²) in [6, 6.07) is 0. The zero-order chi connectivity index (χ0) is 14.9. The molecule has 0 aliphatic carbocycles. The van der Waals surface area contributed by atoms with Crippen LogP contribution in [0.1, 0.15) is 20.8 Å². The molecule has 1 aromatic heterocycles. The van der Waals surface area contributed by atoms with E-state index in [2.05, 4.69) is 31.9 Å². The summed E-state index contributed by atoms with van der Waals surface area (Å²) in [7, 11) is 0. The maximum atomic E-state index is 11.6. The molecular formula is C12H14Br2O5S. The summed E-state index contributed by atoms with van der Waals surface area (Å²) >= 11 is 8.23. The van der Waals surface area contributed by atoms with Crippen molar-refractivity contribution in [3.05, 3.63) is 7.57 Å². The summed E-state index contributed by atoms with van der Waals surface area (Å²) in [4.78, 5) is 11.6. The topological polar surface area (TPSA) is 54.0 Å². The average molecular weight is 430 g/mol. The molecule has 1 aliphatic rings. The summed E-state index contributed by atoms with van der Waals surface area (Å²) in [6.07, 6.45) is -0.632. The molecule has 0 N–H and O–H groups in total. The summed E-state index contributed by atoms with van der Waals surface area (Å²) in [5.74, 6) is 0.804. The van der Waals surface area contributed by atoms with Crippen LogP contribution in [0.25, 0.3) is 0 Å². The van der Waals surface area contributed by atoms with Crippen LogP contribution in [0.15, 0.2) is 7.57 Å². The highest BCUT2D eigenvalue weighted by atomic mass is 79.9. The molecule has 1 aliphatic heterocycles. The molecule has 0 amide bonds. The molecular weight excluding hydrogens is 416 g/mol. The van der Waals surface area contributed by atoms with E-state index >= 15 is 0 Å². The first kappa shape index (κ1) is 16.1. The van der Waals surface area contributed by atoms with E-state index in [1.54, 1.807) is 20.8 Å². The van der Waals surface area contributed by atoms with E-state index in [4.69, 9.17) is 18.9 Å². The smallest absolute Gasteiger partial charge is 0.332 e. The Morgan fingerprint density at radius 2 is 2.00 bits per heavy atom. The number of esters is 1. The van der Waals surface area contributed by atoms with Crippen LogP contribution in [0, 0.1) is 0 Å². The van der Waals surface area contributed by atoms with Crippen molar-refractivity contribution in [2.75, 3.05) is 13.2 Å². The molecule has 0 saturated heterocycles. The van der Waals surface area contributed by atoms with Crippen molar-refractivity contribution < 1.29 is 23.7 Å². The monoisotopic (exact) mass is 428 g/mol. The lowest BCUT2D eigenvalue weighted by Gasteiger charge is -2.25. The highest BCUT2D eigenvalue weighted by Gasteiger charge is 2.29. The minimum Gasteiger partial charge on any atom is -0.481 e. The Bertz CT molecular complexity index is 509. The fourth-order valence-corrected chi connectivity index (χ4v) is 4.33. The number of thiophene rings is 1. The zero-order valence-corrected chi connectivity index (χ0v) is 15.2. The highest BCUT2D eigenvalue weighted by Crippen LogP contribution is 2.50. The molecule has 1 atom stereocenters. The predicted octanol–water partition coefficient (Wildman–Crippen LogP) is 3.73. The second-order valence-corrected chi connectivity index (χ2v) is 8.72. The standard InChI is InChI=1S/C12H14Br2O5S/c1-12(2,3)19-6(15)4-16-7-5-17-8-9(18-7)11(14)20-10(8)13/h7H,4-5H2,1-3H3. The van der Waals surface area contributed by atoms with Gasteiger partial charge in [0.05, 0.1) is 0 Å². The summed E-state index contributed by atoms with van der Waals surface area (Å²) in [5, 5.41) is 0. The van der Waals surface area contributed by atoms with Gasteiger partial charge in [0.25, 0.3) is 0 Å². The summed E-state index contributed by atoms with van der Waals surface area (Å²) in [5.41, 5.74) is -0.529. The lowest BCUT2D eigenvalue weighted by atomic mass is 10.2. The molecule has 5 nitrogen and oxygen atoms in total. The highest BCUT2D eigenvalue weighted by molar-refractivity contribution is 9.12. The van der Waals surface area contributed by atoms with E-state index in [0.29, 0.717) is 11.5 Å². The quantitative estimate of drug-likeness (QED) is 0.685. The third-order valence-corrected chi connectivity index (χ3v) is 4.58. The maximum absolute atomic E-state index is 11.6. The number of ether oxygens (including phenoxy) is 4. The van der Waals surface area contributed by atoms with Gasteiger partial charge in [-0.15, -0.1) is 11.3 Å². The molecule has 1 aromatic rings. The predicted molar refractivity (Wildman–Crippen MR) is 81.4 cm³/mol. The number of hydrogen-bond donors (Lipinski definition) is 0. The molecule has 0 saturated carbocycles. The third-order valence-electron chi connectivity index (χ3n) is 2.16. The molecule has 1 unspecified atom stereocenters. The van der Waals surface area contributed by atoms with Crippen molar-refractivity contribution in [1.82, 2.24) is 0 Å². The van der Waals surface area contributed by atoms with Crippen LogP contribution in [0.4, 0.5) is 0 Å². The first-order valence-electron chi connectivity index (χ1n) is 5.87. The van der Waals surface area contributed by atoms with Crippen LogP contribution in [-0.2, 0) is 14.3 Å². The third kappa shape index (κ3) is 4.09. The lowest BCUT2D eigenvalue weighted by molar-refractivity contribution is -0.174. The number of hydrogen-bond acceptors (Lipinski definition) is 6. The molecule has 2 heterocycles. The van der Waals surface area contributed by atoms with Gasteiger partial charge in [0.1, 0.15) is 19.8 Å². The molecule has 0 aromatic carbocycles. The van der Waals surface area contributed by atoms with Crippen LogP contribution in [0.3, 0.4) is 0 Å². The Balaban J connectivity index is 1.88. The number of fused-ring (bicyclic) bond motifs is 1. The average Bonchev–Trinajstić information content (AvgIpc) is 2.60. The van der Waals surface area contributed by atoms with Gasteiger partial charge in [-0.05, 0) is 52.6 Å². The van der Waals surface area contributed by atoms with Crippen molar-refractivity contribution in [2.24, 2.45) is 0 Å². The maximum Gasteiger partial charge on any atom is 0.332 e. The Morgan fingerprint density at radius 1 is 1.35 bits per heavy atom. The molecule has 0 bridgehead atoms. The lowest BCUT2D eigenvalue weighted by Crippen LogP contribution is -2.35. The van der Waals surface area contributed by atoms with Crippen molar-refractivity contribution in [3.8, 4) is 11.5 Å². The Labute approximate surface area is 137 Å². The first-order chi connectivity index (χ1) is 9.26. The van der Waals surface area contributed by atoms with E-state index in [-0.39, 0.29) is 13.2 Å². The molecule has 2 rings (SSSR count). The minimum absolute atomic E-state index is 0.177. The number of halogens is 2. The van der Waals surface area contributed by atoms with Crippen molar-refractivity contribution in [3.63, 3.8) is 0 Å². The van der Waals surface area contributed by atoms with Gasteiger partial charge in [0.2, 0.25) is 6.29 Å². The van der Waals surface area contributed by atoms with Crippen LogP contribution in [-0.4, -0.2) is 31.1 Å². The molecule has 20 heavy (non-hydrogen) atoms. The van der Waals surface area contributed by atoms with E-state index in [1.807, 2.05) is 0 Å². The van der Waals surface area contributed by atoms with Gasteiger partial charge in [-0.1, -0.05) is 0 Å². The Kier molecular flexibility index (Phi) is 4.99. The molecule has 0 radical (unpaired) electrons. The van der Waals surface area contributed by atoms with Gasteiger partial charge in [0.15, 0.2) is 18.1 Å². The van der Waals surface area contributed by atoms with Crippen LogP contribution >= 0.6 is 43.2 Å². The van der Waals surface area contributed by atoms with E-state index in [9.17, 15) is 4.79 Å². The fraction of sp³-hybridized carbons (Fsp3) is 0.583. The summed E-state index contributed by atoms with van der Waals surface area (Å²) < 4.78 is 23.4. The van der Waals surface area contributed by atoms with Crippen molar-refractivity contribution in [2.45, 2.75) is 32.7 Å². The zero-order valence-electron chi connectivity index (χ0n) is 11.2. The van der Waals surface area contributed by atoms with Gasteiger partial charge in [-0.3, -0.25) is 0 Å². The van der Waals surface area contributed by atoms with Crippen LogP contribution < -0.4 is 9.47 Å². The molecule has 0 fully saturated rings. The van der Waals surface area contributed by atoms with Gasteiger partial charge in [0, 0.05) is 0 Å². The van der Waals surface area contributed by atoms with Gasteiger partial charge < -0.3 is 18.9 Å². The van der Waals surface area contributed by atoms with Crippen molar-refractivity contribution in [1.29, 1.82) is 0 Å². The number of rotatable bonds is 3. The second kappa shape index (κ2) is 6.21. The second-order valence-electron chi connectivity index (χ2n) is 5.06. The number of carbonyl (C=O) groups is 1. The van der Waals surface area contributed by atoms with E-state index < -0.39 is 17.9 Å².